The lowest BCUT2D eigenvalue weighted by molar-refractivity contribution is 0.0936. The Hall–Kier alpha value is -3.16. The fourth-order valence-corrected chi connectivity index (χ4v) is 4.69. The lowest BCUT2D eigenvalue weighted by Gasteiger charge is -2.46. The number of fused-ring (bicyclic) bond motifs is 1. The normalized spacial score (nSPS) is 18.6. The first-order valence-electron chi connectivity index (χ1n) is 10.9. The molecule has 2 aliphatic rings. The second kappa shape index (κ2) is 8.07. The quantitative estimate of drug-likeness (QED) is 0.639. The second-order valence-electron chi connectivity index (χ2n) is 9.64. The zero-order valence-corrected chi connectivity index (χ0v) is 18.6. The number of hydrogen-bond donors (Lipinski definition) is 2. The summed E-state index contributed by atoms with van der Waals surface area (Å²) in [5.41, 5.74) is 6.32. The molecule has 0 unspecified atom stereocenters. The van der Waals surface area contributed by atoms with Gasteiger partial charge in [-0.2, -0.15) is 10.2 Å². The average molecular weight is 436 g/mol. The van der Waals surface area contributed by atoms with E-state index in [1.807, 2.05) is 13.8 Å². The highest BCUT2D eigenvalue weighted by Crippen LogP contribution is 2.33. The Morgan fingerprint density at radius 1 is 1.28 bits per heavy atom. The molecule has 2 N–H and O–H groups in total. The fourth-order valence-electron chi connectivity index (χ4n) is 4.69. The molecule has 8 heteroatoms. The van der Waals surface area contributed by atoms with Gasteiger partial charge in [0, 0.05) is 30.7 Å². The van der Waals surface area contributed by atoms with E-state index in [1.165, 1.54) is 5.56 Å². The van der Waals surface area contributed by atoms with Crippen LogP contribution >= 0.6 is 0 Å². The van der Waals surface area contributed by atoms with E-state index in [0.717, 1.165) is 54.4 Å². The van der Waals surface area contributed by atoms with Crippen LogP contribution in [-0.2, 0) is 13.0 Å². The summed E-state index contributed by atoms with van der Waals surface area (Å²) < 4.78 is 1.80. The van der Waals surface area contributed by atoms with E-state index in [-0.39, 0.29) is 19.4 Å². The van der Waals surface area contributed by atoms with Crippen molar-refractivity contribution < 1.29 is 4.79 Å². The lowest BCUT2D eigenvalue weighted by Crippen LogP contribution is -2.53. The highest BCUT2D eigenvalue weighted by molar-refractivity contribution is 5.94. The van der Waals surface area contributed by atoms with Crippen molar-refractivity contribution >= 4 is 11.7 Å². The summed E-state index contributed by atoms with van der Waals surface area (Å²) in [5, 5.41) is 14.9. The van der Waals surface area contributed by atoms with Gasteiger partial charge in [-0.1, -0.05) is 27.3 Å². The molecule has 8 nitrogen and oxygen atoms in total. The number of amides is 1. The molecule has 170 valence electrons. The number of anilines is 1. The van der Waals surface area contributed by atoms with Gasteiger partial charge < -0.3 is 10.2 Å². The van der Waals surface area contributed by atoms with Gasteiger partial charge in [-0.05, 0) is 49.3 Å². The molecule has 1 atom stereocenters. The number of aryl methyl sites for hydroxylation is 2. The maximum Gasteiger partial charge on any atom is 0.255 e. The molecule has 0 bridgehead atoms. The summed E-state index contributed by atoms with van der Waals surface area (Å²) in [6.45, 7) is 11.3. The third-order valence-electron chi connectivity index (χ3n) is 6.39. The van der Waals surface area contributed by atoms with Gasteiger partial charge in [-0.25, -0.2) is 4.98 Å². The van der Waals surface area contributed by atoms with Crippen LogP contribution in [0.2, 0.25) is 0 Å². The zero-order valence-electron chi connectivity index (χ0n) is 18.6. The Labute approximate surface area is 189 Å². The van der Waals surface area contributed by atoms with E-state index < -0.39 is 0 Å². The maximum atomic E-state index is 12.7. The average Bonchev–Trinajstić information content (AvgIpc) is 3.41. The van der Waals surface area contributed by atoms with Crippen LogP contribution in [0.4, 0.5) is 5.82 Å². The summed E-state index contributed by atoms with van der Waals surface area (Å²) >= 11 is 0. The van der Waals surface area contributed by atoms with Crippen LogP contribution < -0.4 is 10.2 Å². The highest BCUT2D eigenvalue weighted by Gasteiger charge is 2.35. The first kappa shape index (κ1) is 22.0. The lowest BCUT2D eigenvalue weighted by atomic mass is 9.84. The van der Waals surface area contributed by atoms with Crippen molar-refractivity contribution in [1.82, 2.24) is 30.3 Å². The van der Waals surface area contributed by atoms with Gasteiger partial charge >= 0.3 is 0 Å². The van der Waals surface area contributed by atoms with Crippen molar-refractivity contribution in [1.29, 1.82) is 0 Å². The number of aromatic amines is 1. The minimum absolute atomic E-state index is 0. The van der Waals surface area contributed by atoms with E-state index in [1.54, 1.807) is 17.1 Å². The van der Waals surface area contributed by atoms with Gasteiger partial charge in [0.05, 0.1) is 30.0 Å². The third kappa shape index (κ3) is 4.01. The standard InChI is InChI=1S/C23H29N7O.CH4/c1-14-16(5-8-20(25-14)29-12-23(3,4)13-29)10-30-11-17(9-24-30)22(31)26-19-7-6-18-15(2)27-28-21(18)19;/h5,8-9,11,19H,6-7,10,12-13H2,1-4H3,(H,26,31)(H,27,28);1H4/t19-;/m1./s1. The van der Waals surface area contributed by atoms with Crippen LogP contribution in [0.5, 0.6) is 0 Å². The molecular formula is C24H33N7O. The van der Waals surface area contributed by atoms with Gasteiger partial charge in [0.25, 0.3) is 5.91 Å². The van der Waals surface area contributed by atoms with Crippen LogP contribution in [0.1, 0.15) is 72.3 Å². The summed E-state index contributed by atoms with van der Waals surface area (Å²) in [4.78, 5) is 19.8. The van der Waals surface area contributed by atoms with Crippen molar-refractivity contribution in [3.63, 3.8) is 0 Å². The van der Waals surface area contributed by atoms with E-state index in [2.05, 4.69) is 51.5 Å². The van der Waals surface area contributed by atoms with Crippen LogP contribution in [0.15, 0.2) is 24.5 Å². The van der Waals surface area contributed by atoms with Gasteiger partial charge in [0.1, 0.15) is 5.82 Å². The Morgan fingerprint density at radius 2 is 2.06 bits per heavy atom. The SMILES string of the molecule is C.Cc1nc(N2CC(C)(C)C2)ccc1Cn1cc(C(=O)N[C@@H]2CCc3c2n[nH]c3C)cn1. The number of hydrogen-bond acceptors (Lipinski definition) is 5. The fraction of sp³-hybridized carbons (Fsp3) is 0.500. The minimum atomic E-state index is -0.115. The number of nitrogens with one attached hydrogen (secondary N) is 2. The summed E-state index contributed by atoms with van der Waals surface area (Å²) in [5.74, 6) is 0.918. The molecule has 0 spiro atoms. The molecule has 3 aromatic rings. The molecule has 0 radical (unpaired) electrons. The highest BCUT2D eigenvalue weighted by atomic mass is 16.1. The van der Waals surface area contributed by atoms with Crippen LogP contribution in [0, 0.1) is 19.3 Å². The van der Waals surface area contributed by atoms with Crippen LogP contribution in [-0.4, -0.2) is 44.0 Å². The number of carbonyl (C=O) groups is 1. The van der Waals surface area contributed by atoms with Gasteiger partial charge in [0.15, 0.2) is 0 Å². The predicted molar refractivity (Wildman–Crippen MR) is 125 cm³/mol. The third-order valence-corrected chi connectivity index (χ3v) is 6.39. The van der Waals surface area contributed by atoms with Crippen LogP contribution in [0.3, 0.4) is 0 Å². The van der Waals surface area contributed by atoms with Gasteiger partial charge in [-0.15, -0.1) is 0 Å². The van der Waals surface area contributed by atoms with Crippen LogP contribution in [0.25, 0.3) is 0 Å². The molecule has 1 amide bonds. The van der Waals surface area contributed by atoms with E-state index in [0.29, 0.717) is 17.5 Å². The molecule has 1 aliphatic heterocycles. The minimum Gasteiger partial charge on any atom is -0.355 e. The number of aromatic nitrogens is 5. The van der Waals surface area contributed by atoms with Gasteiger partial charge in [-0.3, -0.25) is 14.6 Å². The van der Waals surface area contributed by atoms with Crippen molar-refractivity contribution in [3.8, 4) is 0 Å². The van der Waals surface area contributed by atoms with Gasteiger partial charge in [0.2, 0.25) is 0 Å². The van der Waals surface area contributed by atoms with Crippen molar-refractivity contribution in [3.05, 3.63) is 58.3 Å². The molecule has 4 heterocycles. The molecule has 5 rings (SSSR count). The Kier molecular flexibility index (Phi) is 5.56. The van der Waals surface area contributed by atoms with E-state index in [4.69, 9.17) is 4.98 Å². The number of rotatable bonds is 5. The second-order valence-corrected chi connectivity index (χ2v) is 9.64. The number of carbonyl (C=O) groups excluding carboxylic acids is 1. The van der Waals surface area contributed by atoms with Crippen molar-refractivity contribution in [2.75, 3.05) is 18.0 Å². The number of pyridine rings is 1. The molecule has 3 aromatic heterocycles. The number of nitrogens with zero attached hydrogens (tertiary/aromatic N) is 5. The molecule has 0 saturated carbocycles. The molecule has 32 heavy (non-hydrogen) atoms. The molecule has 1 saturated heterocycles. The largest absolute Gasteiger partial charge is 0.355 e. The Bertz CT molecular complexity index is 1140. The summed E-state index contributed by atoms with van der Waals surface area (Å²) in [6.07, 6.45) is 5.25. The summed E-state index contributed by atoms with van der Waals surface area (Å²) in [7, 11) is 0. The summed E-state index contributed by atoms with van der Waals surface area (Å²) in [6, 6.07) is 4.16. The molecule has 1 aliphatic carbocycles. The Morgan fingerprint density at radius 3 is 2.78 bits per heavy atom. The zero-order chi connectivity index (χ0) is 21.8. The van der Waals surface area contributed by atoms with E-state index >= 15 is 0 Å². The van der Waals surface area contributed by atoms with E-state index in [9.17, 15) is 4.79 Å². The smallest absolute Gasteiger partial charge is 0.255 e. The molecule has 1 fully saturated rings. The number of H-pyrrole nitrogens is 1. The predicted octanol–water partition coefficient (Wildman–Crippen LogP) is 3.57. The first-order chi connectivity index (χ1) is 14.8. The first-order valence-corrected chi connectivity index (χ1v) is 10.9. The monoisotopic (exact) mass is 435 g/mol. The van der Waals surface area contributed by atoms with Crippen molar-refractivity contribution in [2.24, 2.45) is 5.41 Å². The molecular weight excluding hydrogens is 402 g/mol. The maximum absolute atomic E-state index is 12.7. The Balaban J connectivity index is 0.00000245. The van der Waals surface area contributed by atoms with Crippen molar-refractivity contribution in [2.45, 2.75) is 60.5 Å². The molecule has 0 aromatic carbocycles. The topological polar surface area (TPSA) is 91.7 Å².